The van der Waals surface area contributed by atoms with Crippen LogP contribution in [0.4, 0.5) is 0 Å². The molecule has 0 radical (unpaired) electrons. The zero-order valence-electron chi connectivity index (χ0n) is 8.55. The molecule has 6 heteroatoms. The number of hydrogen-bond acceptors (Lipinski definition) is 5. The van der Waals surface area contributed by atoms with Gasteiger partial charge >= 0.3 is 0 Å². The van der Waals surface area contributed by atoms with Gasteiger partial charge in [-0.2, -0.15) is 0 Å². The van der Waals surface area contributed by atoms with Gasteiger partial charge in [-0.05, 0) is 18.6 Å². The lowest BCUT2D eigenvalue weighted by Gasteiger charge is -2.14. The molecule has 0 aromatic carbocycles. The molecule has 1 heterocycles. The van der Waals surface area contributed by atoms with Crippen LogP contribution in [0, 0.1) is 0 Å². The van der Waals surface area contributed by atoms with Gasteiger partial charge in [0.25, 0.3) is 0 Å². The summed E-state index contributed by atoms with van der Waals surface area (Å²) in [5, 5.41) is 0. The van der Waals surface area contributed by atoms with Crippen LogP contribution in [-0.2, 0) is 9.84 Å². The van der Waals surface area contributed by atoms with Crippen molar-refractivity contribution in [2.45, 2.75) is 12.5 Å². The quantitative estimate of drug-likeness (QED) is 0.549. The van der Waals surface area contributed by atoms with Crippen LogP contribution in [-0.4, -0.2) is 25.4 Å². The second-order valence-corrected chi connectivity index (χ2v) is 5.65. The minimum atomic E-state index is -2.96. The number of rotatable bonds is 5. The van der Waals surface area contributed by atoms with E-state index in [4.69, 9.17) is 5.84 Å². The molecule has 0 aliphatic rings. The van der Waals surface area contributed by atoms with Crippen LogP contribution in [0.3, 0.4) is 0 Å². The Balaban J connectivity index is 2.66. The number of nitrogens with two attached hydrogens (primary N) is 1. The fourth-order valence-electron chi connectivity index (χ4n) is 1.23. The Labute approximate surface area is 89.6 Å². The van der Waals surface area contributed by atoms with Crippen LogP contribution in [0.5, 0.6) is 0 Å². The standard InChI is InChI=1S/C9H15N3O2S/c1-15(13,14)7-5-9(12-10)8-4-2-3-6-11-8/h2-4,6,9,12H,5,7,10H2,1H3. The summed E-state index contributed by atoms with van der Waals surface area (Å²) < 4.78 is 22.0. The van der Waals surface area contributed by atoms with E-state index >= 15 is 0 Å². The molecule has 0 fully saturated rings. The van der Waals surface area contributed by atoms with Crippen LogP contribution in [0.1, 0.15) is 18.2 Å². The molecule has 0 spiro atoms. The summed E-state index contributed by atoms with van der Waals surface area (Å²) in [6.07, 6.45) is 3.28. The van der Waals surface area contributed by atoms with Crippen molar-refractivity contribution < 1.29 is 8.42 Å². The normalized spacial score (nSPS) is 13.7. The van der Waals surface area contributed by atoms with Crippen molar-refractivity contribution in [3.05, 3.63) is 30.1 Å². The first kappa shape index (κ1) is 12.1. The summed E-state index contributed by atoms with van der Waals surface area (Å²) in [4.78, 5) is 4.11. The Morgan fingerprint density at radius 1 is 1.53 bits per heavy atom. The molecule has 0 aliphatic heterocycles. The maximum atomic E-state index is 11.0. The third-order valence-electron chi connectivity index (χ3n) is 2.02. The van der Waals surface area contributed by atoms with Crippen LogP contribution in [0.15, 0.2) is 24.4 Å². The van der Waals surface area contributed by atoms with Crippen LogP contribution >= 0.6 is 0 Å². The van der Waals surface area contributed by atoms with E-state index in [1.165, 1.54) is 6.26 Å². The fourth-order valence-corrected chi connectivity index (χ4v) is 1.89. The van der Waals surface area contributed by atoms with Crippen molar-refractivity contribution in [3.8, 4) is 0 Å². The minimum Gasteiger partial charge on any atom is -0.271 e. The summed E-state index contributed by atoms with van der Waals surface area (Å²) in [6, 6.07) is 5.23. The lowest BCUT2D eigenvalue weighted by atomic mass is 10.1. The molecule has 1 aromatic rings. The van der Waals surface area contributed by atoms with E-state index in [1.54, 1.807) is 12.3 Å². The smallest absolute Gasteiger partial charge is 0.147 e. The molecule has 1 aromatic heterocycles. The summed E-state index contributed by atoms with van der Waals surface area (Å²) in [7, 11) is -2.96. The van der Waals surface area contributed by atoms with Gasteiger partial charge in [0.05, 0.1) is 17.5 Å². The van der Waals surface area contributed by atoms with Gasteiger partial charge in [-0.3, -0.25) is 16.3 Å². The molecule has 1 unspecified atom stereocenters. The zero-order chi connectivity index (χ0) is 11.3. The van der Waals surface area contributed by atoms with Crippen molar-refractivity contribution in [2.24, 2.45) is 5.84 Å². The highest BCUT2D eigenvalue weighted by Crippen LogP contribution is 2.13. The molecule has 0 aliphatic carbocycles. The second-order valence-electron chi connectivity index (χ2n) is 3.39. The van der Waals surface area contributed by atoms with Gasteiger partial charge in [0.2, 0.25) is 0 Å². The molecule has 84 valence electrons. The second kappa shape index (κ2) is 5.20. The first-order chi connectivity index (χ1) is 7.03. The minimum absolute atomic E-state index is 0.0957. The number of pyridine rings is 1. The van der Waals surface area contributed by atoms with Crippen molar-refractivity contribution in [2.75, 3.05) is 12.0 Å². The van der Waals surface area contributed by atoms with Gasteiger partial charge < -0.3 is 0 Å². The molecule has 0 saturated carbocycles. The summed E-state index contributed by atoms with van der Waals surface area (Å²) in [6.45, 7) is 0. The average Bonchev–Trinajstić information content (AvgIpc) is 2.19. The lowest BCUT2D eigenvalue weighted by Crippen LogP contribution is -2.30. The van der Waals surface area contributed by atoms with E-state index in [9.17, 15) is 8.42 Å². The van der Waals surface area contributed by atoms with E-state index in [1.807, 2.05) is 12.1 Å². The van der Waals surface area contributed by atoms with E-state index in [0.29, 0.717) is 6.42 Å². The van der Waals surface area contributed by atoms with Gasteiger partial charge in [0.15, 0.2) is 0 Å². The molecular weight excluding hydrogens is 214 g/mol. The Kier molecular flexibility index (Phi) is 4.19. The number of nitrogens with one attached hydrogen (secondary N) is 1. The van der Waals surface area contributed by atoms with Crippen molar-refractivity contribution in [1.82, 2.24) is 10.4 Å². The highest BCUT2D eigenvalue weighted by molar-refractivity contribution is 7.90. The maximum Gasteiger partial charge on any atom is 0.147 e. The van der Waals surface area contributed by atoms with Crippen LogP contribution in [0.25, 0.3) is 0 Å². The Bertz CT molecular complexity index is 391. The summed E-state index contributed by atoms with van der Waals surface area (Å²) in [5.74, 6) is 5.44. The molecule has 0 saturated heterocycles. The monoisotopic (exact) mass is 229 g/mol. The first-order valence-corrected chi connectivity index (χ1v) is 6.64. The van der Waals surface area contributed by atoms with E-state index in [-0.39, 0.29) is 11.8 Å². The lowest BCUT2D eigenvalue weighted by molar-refractivity contribution is 0.520. The molecule has 3 N–H and O–H groups in total. The van der Waals surface area contributed by atoms with E-state index in [2.05, 4.69) is 10.4 Å². The SMILES string of the molecule is CS(=O)(=O)CCC(NN)c1ccccn1. The Hall–Kier alpha value is -0.980. The van der Waals surface area contributed by atoms with Gasteiger partial charge in [-0.1, -0.05) is 6.07 Å². The highest BCUT2D eigenvalue weighted by Gasteiger charge is 2.13. The van der Waals surface area contributed by atoms with Crippen molar-refractivity contribution in [3.63, 3.8) is 0 Å². The molecule has 1 rings (SSSR count). The number of aromatic nitrogens is 1. The Morgan fingerprint density at radius 3 is 2.73 bits per heavy atom. The summed E-state index contributed by atoms with van der Waals surface area (Å²) in [5.41, 5.74) is 3.32. The largest absolute Gasteiger partial charge is 0.271 e. The van der Waals surface area contributed by atoms with Gasteiger partial charge in [0, 0.05) is 12.5 Å². The predicted molar refractivity (Wildman–Crippen MR) is 58.6 cm³/mol. The molecule has 5 nitrogen and oxygen atoms in total. The fraction of sp³-hybridized carbons (Fsp3) is 0.444. The van der Waals surface area contributed by atoms with Crippen LogP contribution < -0.4 is 11.3 Å². The third-order valence-corrected chi connectivity index (χ3v) is 3.00. The molecule has 0 bridgehead atoms. The van der Waals surface area contributed by atoms with Crippen LogP contribution in [0.2, 0.25) is 0 Å². The highest BCUT2D eigenvalue weighted by atomic mass is 32.2. The van der Waals surface area contributed by atoms with Crippen molar-refractivity contribution in [1.29, 1.82) is 0 Å². The third kappa shape index (κ3) is 4.37. The zero-order valence-corrected chi connectivity index (χ0v) is 9.37. The molecular formula is C9H15N3O2S. The number of sulfone groups is 1. The Morgan fingerprint density at radius 2 is 2.27 bits per heavy atom. The number of hydrazine groups is 1. The van der Waals surface area contributed by atoms with E-state index in [0.717, 1.165) is 5.69 Å². The molecule has 1 atom stereocenters. The first-order valence-electron chi connectivity index (χ1n) is 4.58. The molecule has 0 amide bonds. The van der Waals surface area contributed by atoms with Gasteiger partial charge in [0.1, 0.15) is 9.84 Å². The average molecular weight is 229 g/mol. The van der Waals surface area contributed by atoms with Gasteiger partial charge in [-0.25, -0.2) is 8.42 Å². The van der Waals surface area contributed by atoms with Gasteiger partial charge in [-0.15, -0.1) is 0 Å². The topological polar surface area (TPSA) is 85.1 Å². The molecule has 15 heavy (non-hydrogen) atoms. The summed E-state index contributed by atoms with van der Waals surface area (Å²) >= 11 is 0. The number of hydrogen-bond donors (Lipinski definition) is 2. The van der Waals surface area contributed by atoms with Crippen molar-refractivity contribution >= 4 is 9.84 Å². The number of nitrogens with zero attached hydrogens (tertiary/aromatic N) is 1. The maximum absolute atomic E-state index is 11.0. The van der Waals surface area contributed by atoms with E-state index < -0.39 is 9.84 Å². The predicted octanol–water partition coefficient (Wildman–Crippen LogP) is 0.0207.